The van der Waals surface area contributed by atoms with Gasteiger partial charge < -0.3 is 0 Å². The average Bonchev–Trinajstić information content (AvgIpc) is 2.15. The van der Waals surface area contributed by atoms with Gasteiger partial charge in [0.05, 0.1) is 0 Å². The van der Waals surface area contributed by atoms with Gasteiger partial charge in [-0.05, 0) is 23.5 Å². The molecular formula is C11H18N2. The Balaban J connectivity index is 2.59. The van der Waals surface area contributed by atoms with Gasteiger partial charge in [0.25, 0.3) is 0 Å². The molecule has 2 nitrogen and oxygen atoms in total. The second-order valence-electron chi connectivity index (χ2n) is 3.60. The summed E-state index contributed by atoms with van der Waals surface area (Å²) in [6.07, 6.45) is 0.995. The molecule has 1 rings (SSSR count). The van der Waals surface area contributed by atoms with Gasteiger partial charge in [-0.2, -0.15) is 0 Å². The summed E-state index contributed by atoms with van der Waals surface area (Å²) in [4.78, 5) is 0. The van der Waals surface area contributed by atoms with Gasteiger partial charge in [-0.3, -0.25) is 11.3 Å². The molecule has 0 aliphatic rings. The number of benzene rings is 1. The van der Waals surface area contributed by atoms with Crippen molar-refractivity contribution in [3.63, 3.8) is 0 Å². The van der Waals surface area contributed by atoms with Gasteiger partial charge in [-0.25, -0.2) is 0 Å². The molecule has 0 aliphatic carbocycles. The van der Waals surface area contributed by atoms with Crippen LogP contribution in [0.5, 0.6) is 0 Å². The highest BCUT2D eigenvalue weighted by Crippen LogP contribution is 2.14. The lowest BCUT2D eigenvalue weighted by Gasteiger charge is -2.06. The lowest BCUT2D eigenvalue weighted by Crippen LogP contribution is -2.24. The first-order valence-corrected chi connectivity index (χ1v) is 4.76. The zero-order valence-corrected chi connectivity index (χ0v) is 8.38. The lowest BCUT2D eigenvalue weighted by atomic mass is 10.0. The molecule has 0 saturated carbocycles. The van der Waals surface area contributed by atoms with Crippen LogP contribution in [0.3, 0.4) is 0 Å². The summed E-state index contributed by atoms with van der Waals surface area (Å²) in [5.74, 6) is 5.82. The van der Waals surface area contributed by atoms with E-state index < -0.39 is 0 Å². The van der Waals surface area contributed by atoms with Crippen molar-refractivity contribution >= 4 is 0 Å². The van der Waals surface area contributed by atoms with E-state index >= 15 is 0 Å². The van der Waals surface area contributed by atoms with Gasteiger partial charge in [-0.15, -0.1) is 0 Å². The van der Waals surface area contributed by atoms with Crippen molar-refractivity contribution < 1.29 is 0 Å². The Morgan fingerprint density at radius 3 is 2.31 bits per heavy atom. The molecule has 0 aromatic heterocycles. The van der Waals surface area contributed by atoms with E-state index in [0.717, 1.165) is 13.0 Å². The molecule has 2 heteroatoms. The van der Waals surface area contributed by atoms with Crippen LogP contribution in [0.25, 0.3) is 0 Å². The van der Waals surface area contributed by atoms with Crippen molar-refractivity contribution in [1.82, 2.24) is 5.43 Å². The van der Waals surface area contributed by atoms with Crippen LogP contribution >= 0.6 is 0 Å². The molecule has 1 aromatic carbocycles. The van der Waals surface area contributed by atoms with Gasteiger partial charge in [0.2, 0.25) is 0 Å². The quantitative estimate of drug-likeness (QED) is 0.545. The number of rotatable bonds is 4. The zero-order chi connectivity index (χ0) is 9.68. The van der Waals surface area contributed by atoms with E-state index in [1.54, 1.807) is 0 Å². The number of hydrogen-bond acceptors (Lipinski definition) is 2. The monoisotopic (exact) mass is 178 g/mol. The van der Waals surface area contributed by atoms with Crippen LogP contribution in [-0.2, 0) is 6.42 Å². The van der Waals surface area contributed by atoms with E-state index in [1.807, 2.05) is 0 Å². The Hall–Kier alpha value is -0.860. The maximum Gasteiger partial charge on any atom is 0.0138 e. The first-order chi connectivity index (χ1) is 6.24. The fraction of sp³-hybridized carbons (Fsp3) is 0.455. The topological polar surface area (TPSA) is 38.0 Å². The van der Waals surface area contributed by atoms with Crippen LogP contribution in [0.15, 0.2) is 24.3 Å². The second kappa shape index (κ2) is 5.00. The van der Waals surface area contributed by atoms with Crippen LogP contribution < -0.4 is 11.3 Å². The molecule has 0 fully saturated rings. The van der Waals surface area contributed by atoms with Crippen LogP contribution in [0.2, 0.25) is 0 Å². The van der Waals surface area contributed by atoms with E-state index in [2.05, 4.69) is 43.5 Å². The third-order valence-electron chi connectivity index (χ3n) is 2.20. The molecule has 72 valence electrons. The van der Waals surface area contributed by atoms with E-state index in [9.17, 15) is 0 Å². The average molecular weight is 178 g/mol. The Bertz CT molecular complexity index is 239. The van der Waals surface area contributed by atoms with E-state index in [1.165, 1.54) is 11.1 Å². The van der Waals surface area contributed by atoms with Gasteiger partial charge in [0.15, 0.2) is 0 Å². The molecule has 0 heterocycles. The highest BCUT2D eigenvalue weighted by atomic mass is 15.2. The van der Waals surface area contributed by atoms with E-state index in [0.29, 0.717) is 5.92 Å². The van der Waals surface area contributed by atoms with Crippen molar-refractivity contribution in [2.45, 2.75) is 26.2 Å². The minimum Gasteiger partial charge on any atom is -0.271 e. The van der Waals surface area contributed by atoms with Gasteiger partial charge in [0, 0.05) is 6.54 Å². The normalized spacial score (nSPS) is 10.8. The molecule has 3 N–H and O–H groups in total. The molecule has 0 unspecified atom stereocenters. The molecule has 0 aliphatic heterocycles. The maximum atomic E-state index is 5.20. The number of hydrazine groups is 1. The zero-order valence-electron chi connectivity index (χ0n) is 8.38. The molecule has 13 heavy (non-hydrogen) atoms. The maximum absolute atomic E-state index is 5.20. The molecule has 0 radical (unpaired) electrons. The van der Waals surface area contributed by atoms with Crippen molar-refractivity contribution in [2.75, 3.05) is 6.54 Å². The third-order valence-corrected chi connectivity index (χ3v) is 2.20. The molecule has 1 aromatic rings. The summed E-state index contributed by atoms with van der Waals surface area (Å²) in [5, 5.41) is 0. The largest absolute Gasteiger partial charge is 0.271 e. The Labute approximate surface area is 80.1 Å². The number of nitrogens with two attached hydrogens (primary N) is 1. The molecule has 0 amide bonds. The van der Waals surface area contributed by atoms with Gasteiger partial charge in [-0.1, -0.05) is 38.1 Å². The molecular weight excluding hydrogens is 160 g/mol. The fourth-order valence-corrected chi connectivity index (χ4v) is 1.29. The molecule has 0 saturated heterocycles. The number of nitrogens with one attached hydrogen (secondary N) is 1. The first-order valence-electron chi connectivity index (χ1n) is 4.76. The third kappa shape index (κ3) is 3.17. The smallest absolute Gasteiger partial charge is 0.0138 e. The Morgan fingerprint density at radius 1 is 1.23 bits per heavy atom. The van der Waals surface area contributed by atoms with Crippen molar-refractivity contribution in [2.24, 2.45) is 5.84 Å². The standard InChI is InChI=1S/C11H18N2/c1-9(2)11-5-3-10(4-6-11)7-8-13-12/h3-6,9,13H,7-8,12H2,1-2H3. The van der Waals surface area contributed by atoms with Crippen LogP contribution in [0.1, 0.15) is 30.9 Å². The van der Waals surface area contributed by atoms with Crippen molar-refractivity contribution in [3.8, 4) is 0 Å². The summed E-state index contributed by atoms with van der Waals surface area (Å²) in [6.45, 7) is 5.24. The van der Waals surface area contributed by atoms with Crippen LogP contribution in [-0.4, -0.2) is 6.54 Å². The summed E-state index contributed by atoms with van der Waals surface area (Å²) in [5.41, 5.74) is 5.38. The summed E-state index contributed by atoms with van der Waals surface area (Å²) in [6, 6.07) is 8.73. The van der Waals surface area contributed by atoms with Crippen LogP contribution in [0, 0.1) is 0 Å². The second-order valence-corrected chi connectivity index (χ2v) is 3.60. The van der Waals surface area contributed by atoms with Gasteiger partial charge in [0.1, 0.15) is 0 Å². The van der Waals surface area contributed by atoms with Crippen molar-refractivity contribution in [3.05, 3.63) is 35.4 Å². The Morgan fingerprint density at radius 2 is 1.85 bits per heavy atom. The highest BCUT2D eigenvalue weighted by molar-refractivity contribution is 5.24. The van der Waals surface area contributed by atoms with Gasteiger partial charge >= 0.3 is 0 Å². The number of hydrogen-bond donors (Lipinski definition) is 2. The minimum absolute atomic E-state index is 0.613. The van der Waals surface area contributed by atoms with Crippen molar-refractivity contribution in [1.29, 1.82) is 0 Å². The first kappa shape index (κ1) is 10.2. The molecule has 0 bridgehead atoms. The summed E-state index contributed by atoms with van der Waals surface area (Å²) < 4.78 is 0. The van der Waals surface area contributed by atoms with E-state index in [-0.39, 0.29) is 0 Å². The van der Waals surface area contributed by atoms with E-state index in [4.69, 9.17) is 5.84 Å². The fourth-order valence-electron chi connectivity index (χ4n) is 1.29. The summed E-state index contributed by atoms with van der Waals surface area (Å²) >= 11 is 0. The lowest BCUT2D eigenvalue weighted by molar-refractivity contribution is 0.728. The molecule has 0 atom stereocenters. The highest BCUT2D eigenvalue weighted by Gasteiger charge is 1.98. The summed E-state index contributed by atoms with van der Waals surface area (Å²) in [7, 11) is 0. The predicted molar refractivity (Wildman–Crippen MR) is 56.4 cm³/mol. The predicted octanol–water partition coefficient (Wildman–Crippen LogP) is 1.82. The van der Waals surface area contributed by atoms with Crippen LogP contribution in [0.4, 0.5) is 0 Å². The SMILES string of the molecule is CC(C)c1ccc(CCNN)cc1. The molecule has 0 spiro atoms. The minimum atomic E-state index is 0.613. The Kier molecular flexibility index (Phi) is 3.93.